The third-order valence-corrected chi connectivity index (χ3v) is 2.53. The summed E-state index contributed by atoms with van der Waals surface area (Å²) in [5, 5.41) is 3.83. The third kappa shape index (κ3) is 2.42. The number of halogens is 2. The summed E-state index contributed by atoms with van der Waals surface area (Å²) in [7, 11) is 0. The van der Waals surface area contributed by atoms with Gasteiger partial charge in [-0.3, -0.25) is 0 Å². The van der Waals surface area contributed by atoms with Crippen LogP contribution in [-0.4, -0.2) is 6.04 Å². The Hall–Kier alpha value is -0.600. The molecule has 1 aromatic carbocycles. The fraction of sp³-hybridized carbons (Fsp3) is 0.400. The molecule has 1 saturated carbocycles. The highest BCUT2D eigenvalue weighted by atomic mass is 35.5. The predicted octanol–water partition coefficient (Wildman–Crippen LogP) is 2.73. The monoisotopic (exact) mass is 199 g/mol. The van der Waals surface area contributed by atoms with Gasteiger partial charge < -0.3 is 5.32 Å². The van der Waals surface area contributed by atoms with Crippen LogP contribution in [0.25, 0.3) is 0 Å². The van der Waals surface area contributed by atoms with Crippen LogP contribution in [0.4, 0.5) is 4.39 Å². The van der Waals surface area contributed by atoms with Gasteiger partial charge >= 0.3 is 0 Å². The zero-order valence-corrected chi connectivity index (χ0v) is 7.94. The second kappa shape index (κ2) is 3.64. The topological polar surface area (TPSA) is 12.0 Å². The van der Waals surface area contributed by atoms with Gasteiger partial charge in [-0.25, -0.2) is 4.39 Å². The molecule has 1 fully saturated rings. The lowest BCUT2D eigenvalue weighted by molar-refractivity contribution is 0.625. The summed E-state index contributed by atoms with van der Waals surface area (Å²) in [4.78, 5) is 0. The Bertz CT molecular complexity index is 310. The summed E-state index contributed by atoms with van der Waals surface area (Å²) >= 11 is 5.85. The Kier molecular flexibility index (Phi) is 2.51. The van der Waals surface area contributed by atoms with Crippen LogP contribution in [0, 0.1) is 5.82 Å². The molecule has 2 rings (SSSR count). The summed E-state index contributed by atoms with van der Waals surface area (Å²) in [6.45, 7) is 0.740. The molecular weight excluding hydrogens is 189 g/mol. The van der Waals surface area contributed by atoms with Crippen LogP contribution in [0.2, 0.25) is 5.02 Å². The maximum absolute atomic E-state index is 12.7. The summed E-state index contributed by atoms with van der Waals surface area (Å²) in [5.41, 5.74) is 0.968. The Morgan fingerprint density at radius 2 is 2.23 bits per heavy atom. The maximum atomic E-state index is 12.7. The molecule has 0 radical (unpaired) electrons. The van der Waals surface area contributed by atoms with Gasteiger partial charge in [-0.1, -0.05) is 17.7 Å². The summed E-state index contributed by atoms with van der Waals surface area (Å²) in [5.74, 6) is -0.278. The molecule has 1 N–H and O–H groups in total. The molecule has 0 amide bonds. The van der Waals surface area contributed by atoms with E-state index in [9.17, 15) is 4.39 Å². The molecule has 0 aromatic heterocycles. The van der Waals surface area contributed by atoms with Gasteiger partial charge in [0, 0.05) is 17.6 Å². The molecule has 0 aliphatic heterocycles. The van der Waals surface area contributed by atoms with Crippen molar-refractivity contribution in [3.8, 4) is 0 Å². The van der Waals surface area contributed by atoms with Crippen LogP contribution in [0.15, 0.2) is 18.2 Å². The first kappa shape index (κ1) is 8.97. The Balaban J connectivity index is 2.01. The van der Waals surface area contributed by atoms with Gasteiger partial charge in [0.25, 0.3) is 0 Å². The number of nitrogens with one attached hydrogen (secondary N) is 1. The molecule has 70 valence electrons. The zero-order valence-electron chi connectivity index (χ0n) is 7.19. The van der Waals surface area contributed by atoms with Gasteiger partial charge in [0.1, 0.15) is 5.82 Å². The Morgan fingerprint density at radius 3 is 2.85 bits per heavy atom. The van der Waals surface area contributed by atoms with E-state index in [1.165, 1.54) is 25.0 Å². The Morgan fingerprint density at radius 1 is 1.46 bits per heavy atom. The molecule has 0 unspecified atom stereocenters. The highest BCUT2D eigenvalue weighted by molar-refractivity contribution is 6.31. The van der Waals surface area contributed by atoms with Gasteiger partial charge in [0.2, 0.25) is 0 Å². The second-order valence-corrected chi connectivity index (χ2v) is 3.80. The third-order valence-electron chi connectivity index (χ3n) is 2.17. The van der Waals surface area contributed by atoms with Crippen LogP contribution in [0.3, 0.4) is 0 Å². The van der Waals surface area contributed by atoms with Crippen molar-refractivity contribution < 1.29 is 4.39 Å². The summed E-state index contributed by atoms with van der Waals surface area (Å²) in [6, 6.07) is 5.18. The molecule has 1 aliphatic carbocycles. The van der Waals surface area contributed by atoms with Gasteiger partial charge in [-0.2, -0.15) is 0 Å². The molecule has 13 heavy (non-hydrogen) atoms. The van der Waals surface area contributed by atoms with E-state index in [0.717, 1.165) is 12.1 Å². The van der Waals surface area contributed by atoms with Crippen LogP contribution in [-0.2, 0) is 6.54 Å². The summed E-state index contributed by atoms with van der Waals surface area (Å²) in [6.07, 6.45) is 2.50. The molecular formula is C10H11ClFN. The standard InChI is InChI=1S/C10H11ClFN/c11-10-5-8(12)2-1-7(10)6-13-9-3-4-9/h1-2,5,9,13H,3-4,6H2. The van der Waals surface area contributed by atoms with Gasteiger partial charge in [0.05, 0.1) is 0 Å². The van der Waals surface area contributed by atoms with E-state index in [4.69, 9.17) is 11.6 Å². The van der Waals surface area contributed by atoms with Gasteiger partial charge in [-0.05, 0) is 30.5 Å². The number of rotatable bonds is 3. The predicted molar refractivity (Wildman–Crippen MR) is 51.3 cm³/mol. The van der Waals surface area contributed by atoms with E-state index < -0.39 is 0 Å². The Labute approximate surface area is 81.9 Å². The van der Waals surface area contributed by atoms with E-state index >= 15 is 0 Å². The molecule has 0 spiro atoms. The smallest absolute Gasteiger partial charge is 0.124 e. The molecule has 1 aliphatic rings. The van der Waals surface area contributed by atoms with Crippen LogP contribution in [0.1, 0.15) is 18.4 Å². The lowest BCUT2D eigenvalue weighted by Crippen LogP contribution is -2.15. The van der Waals surface area contributed by atoms with Crippen molar-refractivity contribution in [2.75, 3.05) is 0 Å². The minimum Gasteiger partial charge on any atom is -0.310 e. The summed E-state index contributed by atoms with van der Waals surface area (Å²) < 4.78 is 12.7. The highest BCUT2D eigenvalue weighted by Gasteiger charge is 2.20. The minimum atomic E-state index is -0.278. The molecule has 1 nitrogen and oxygen atoms in total. The highest BCUT2D eigenvalue weighted by Crippen LogP contribution is 2.21. The van der Waals surface area contributed by atoms with E-state index in [-0.39, 0.29) is 5.82 Å². The molecule has 0 heterocycles. The SMILES string of the molecule is Fc1ccc(CNC2CC2)c(Cl)c1. The second-order valence-electron chi connectivity index (χ2n) is 3.39. The first-order chi connectivity index (χ1) is 6.25. The number of benzene rings is 1. The first-order valence-corrected chi connectivity index (χ1v) is 4.81. The van der Waals surface area contributed by atoms with Crippen molar-refractivity contribution in [1.29, 1.82) is 0 Å². The van der Waals surface area contributed by atoms with Crippen LogP contribution in [0.5, 0.6) is 0 Å². The normalized spacial score (nSPS) is 16.2. The van der Waals surface area contributed by atoms with Crippen molar-refractivity contribution >= 4 is 11.6 Å². The number of hydrogen-bond donors (Lipinski definition) is 1. The van der Waals surface area contributed by atoms with Crippen molar-refractivity contribution in [1.82, 2.24) is 5.32 Å². The van der Waals surface area contributed by atoms with E-state index in [0.29, 0.717) is 11.1 Å². The largest absolute Gasteiger partial charge is 0.310 e. The van der Waals surface area contributed by atoms with Crippen LogP contribution < -0.4 is 5.32 Å². The molecule has 3 heteroatoms. The molecule has 0 saturated heterocycles. The van der Waals surface area contributed by atoms with Crippen LogP contribution >= 0.6 is 11.6 Å². The zero-order chi connectivity index (χ0) is 9.26. The lowest BCUT2D eigenvalue weighted by Gasteiger charge is -2.04. The average molecular weight is 200 g/mol. The van der Waals surface area contributed by atoms with Crippen molar-refractivity contribution in [2.24, 2.45) is 0 Å². The van der Waals surface area contributed by atoms with E-state index in [1.807, 2.05) is 0 Å². The average Bonchev–Trinajstić information content (AvgIpc) is 2.86. The number of hydrogen-bond acceptors (Lipinski definition) is 1. The first-order valence-electron chi connectivity index (χ1n) is 4.43. The van der Waals surface area contributed by atoms with E-state index in [1.54, 1.807) is 6.07 Å². The molecule has 1 aromatic rings. The molecule has 0 bridgehead atoms. The fourth-order valence-corrected chi connectivity index (χ4v) is 1.44. The van der Waals surface area contributed by atoms with Crippen molar-refractivity contribution in [3.05, 3.63) is 34.6 Å². The quantitative estimate of drug-likeness (QED) is 0.790. The minimum absolute atomic E-state index is 0.278. The molecule has 0 atom stereocenters. The van der Waals surface area contributed by atoms with Gasteiger partial charge in [0.15, 0.2) is 0 Å². The van der Waals surface area contributed by atoms with Crippen molar-refractivity contribution in [2.45, 2.75) is 25.4 Å². The van der Waals surface area contributed by atoms with Gasteiger partial charge in [-0.15, -0.1) is 0 Å². The van der Waals surface area contributed by atoms with E-state index in [2.05, 4.69) is 5.32 Å². The maximum Gasteiger partial charge on any atom is 0.124 e. The lowest BCUT2D eigenvalue weighted by atomic mass is 10.2. The fourth-order valence-electron chi connectivity index (χ4n) is 1.21. The van der Waals surface area contributed by atoms with Crippen molar-refractivity contribution in [3.63, 3.8) is 0 Å².